The standard InChI is InChI=1S/C18H16BrF4N5O/c1-9-16(19)10(2)28(25-9)6-4-15(29)24-14-3-5-27(26-14)8-11-17(22)12(20)7-13(21)18(11)23/h3,5,7H,4,6,8H2,1-2H3,(H,24,26,29). The van der Waals surface area contributed by atoms with Crippen molar-refractivity contribution < 1.29 is 22.4 Å². The molecule has 0 unspecified atom stereocenters. The molecule has 0 fully saturated rings. The number of nitrogens with one attached hydrogen (secondary N) is 1. The topological polar surface area (TPSA) is 64.7 Å². The van der Waals surface area contributed by atoms with Crippen LogP contribution in [0.5, 0.6) is 0 Å². The molecule has 154 valence electrons. The van der Waals surface area contributed by atoms with Crippen molar-refractivity contribution in [2.75, 3.05) is 5.32 Å². The van der Waals surface area contributed by atoms with E-state index < -0.39 is 35.4 Å². The molecule has 0 spiro atoms. The number of carbonyl (C=O) groups excluding carboxylic acids is 1. The van der Waals surface area contributed by atoms with Gasteiger partial charge in [-0.25, -0.2) is 17.6 Å². The van der Waals surface area contributed by atoms with Crippen molar-refractivity contribution in [3.8, 4) is 0 Å². The number of anilines is 1. The number of hydrogen-bond donors (Lipinski definition) is 1. The fourth-order valence-corrected chi connectivity index (χ4v) is 3.03. The average Bonchev–Trinajstić information content (AvgIpc) is 3.21. The van der Waals surface area contributed by atoms with E-state index in [1.54, 1.807) is 4.68 Å². The van der Waals surface area contributed by atoms with Crippen molar-refractivity contribution in [1.29, 1.82) is 0 Å². The molecule has 0 bridgehead atoms. The Bertz CT molecular complexity index is 1050. The second kappa shape index (κ2) is 8.36. The smallest absolute Gasteiger partial charge is 0.227 e. The third-order valence-corrected chi connectivity index (χ3v) is 5.42. The number of carbonyl (C=O) groups is 1. The minimum atomic E-state index is -1.49. The summed E-state index contributed by atoms with van der Waals surface area (Å²) < 4.78 is 57.8. The van der Waals surface area contributed by atoms with Gasteiger partial charge in [-0.1, -0.05) is 0 Å². The van der Waals surface area contributed by atoms with E-state index in [-0.39, 0.29) is 24.2 Å². The van der Waals surface area contributed by atoms with Crippen LogP contribution in [0.15, 0.2) is 22.8 Å². The van der Waals surface area contributed by atoms with Gasteiger partial charge in [0.1, 0.15) is 0 Å². The fourth-order valence-electron chi connectivity index (χ4n) is 2.75. The number of rotatable bonds is 6. The van der Waals surface area contributed by atoms with Crippen LogP contribution in [0.2, 0.25) is 0 Å². The number of nitrogens with zero attached hydrogens (tertiary/aromatic N) is 4. The van der Waals surface area contributed by atoms with Gasteiger partial charge in [0, 0.05) is 30.4 Å². The third-order valence-electron chi connectivity index (χ3n) is 4.27. The zero-order chi connectivity index (χ0) is 21.3. The van der Waals surface area contributed by atoms with Gasteiger partial charge in [0.05, 0.1) is 28.8 Å². The van der Waals surface area contributed by atoms with Crippen LogP contribution in [-0.2, 0) is 17.9 Å². The second-order valence-corrected chi connectivity index (χ2v) is 7.14. The number of amides is 1. The molecule has 2 aromatic heterocycles. The van der Waals surface area contributed by atoms with E-state index in [1.807, 2.05) is 13.8 Å². The number of halogens is 5. The minimum absolute atomic E-state index is 0.125. The van der Waals surface area contributed by atoms with Crippen LogP contribution < -0.4 is 5.32 Å². The lowest BCUT2D eigenvalue weighted by Gasteiger charge is -2.07. The predicted octanol–water partition coefficient (Wildman–Crippen LogP) is 4.09. The van der Waals surface area contributed by atoms with Crippen molar-refractivity contribution in [3.63, 3.8) is 0 Å². The molecule has 3 rings (SSSR count). The molecular weight excluding hydrogens is 458 g/mol. The molecular formula is C18H16BrF4N5O. The molecule has 2 heterocycles. The lowest BCUT2D eigenvalue weighted by atomic mass is 10.2. The van der Waals surface area contributed by atoms with Crippen molar-refractivity contribution in [3.05, 3.63) is 63.0 Å². The summed E-state index contributed by atoms with van der Waals surface area (Å²) in [4.78, 5) is 12.1. The Labute approximate surface area is 171 Å². The summed E-state index contributed by atoms with van der Waals surface area (Å²) >= 11 is 3.41. The molecule has 1 amide bonds. The first kappa shape index (κ1) is 21.0. The highest BCUT2D eigenvalue weighted by atomic mass is 79.9. The van der Waals surface area contributed by atoms with Crippen LogP contribution in [0.1, 0.15) is 23.4 Å². The van der Waals surface area contributed by atoms with Gasteiger partial charge in [-0.05, 0) is 29.8 Å². The van der Waals surface area contributed by atoms with Crippen LogP contribution in [0, 0.1) is 37.1 Å². The van der Waals surface area contributed by atoms with Gasteiger partial charge in [0.25, 0.3) is 0 Å². The summed E-state index contributed by atoms with van der Waals surface area (Å²) in [6.45, 7) is 3.53. The molecule has 29 heavy (non-hydrogen) atoms. The monoisotopic (exact) mass is 473 g/mol. The summed E-state index contributed by atoms with van der Waals surface area (Å²) in [5.74, 6) is -6.15. The molecule has 0 atom stereocenters. The average molecular weight is 474 g/mol. The maximum Gasteiger partial charge on any atom is 0.227 e. The summed E-state index contributed by atoms with van der Waals surface area (Å²) in [6, 6.07) is 1.55. The van der Waals surface area contributed by atoms with E-state index in [4.69, 9.17) is 0 Å². The summed E-state index contributed by atoms with van der Waals surface area (Å²) in [5, 5.41) is 10.8. The molecule has 1 aromatic carbocycles. The molecule has 3 aromatic rings. The van der Waals surface area contributed by atoms with Crippen LogP contribution in [0.4, 0.5) is 23.4 Å². The summed E-state index contributed by atoms with van der Waals surface area (Å²) in [7, 11) is 0. The van der Waals surface area contributed by atoms with Gasteiger partial charge < -0.3 is 5.32 Å². The van der Waals surface area contributed by atoms with Crippen LogP contribution in [0.25, 0.3) is 0 Å². The first-order valence-corrected chi connectivity index (χ1v) is 9.31. The Hall–Kier alpha value is -2.69. The first-order chi connectivity index (χ1) is 13.7. The van der Waals surface area contributed by atoms with Gasteiger partial charge in [0.15, 0.2) is 29.1 Å². The molecule has 0 aliphatic rings. The van der Waals surface area contributed by atoms with Crippen molar-refractivity contribution >= 4 is 27.7 Å². The minimum Gasteiger partial charge on any atom is -0.309 e. The molecule has 0 aliphatic carbocycles. The molecule has 0 radical (unpaired) electrons. The lowest BCUT2D eigenvalue weighted by Crippen LogP contribution is -2.16. The van der Waals surface area contributed by atoms with E-state index in [1.165, 1.54) is 12.3 Å². The quantitative estimate of drug-likeness (QED) is 0.433. The van der Waals surface area contributed by atoms with Crippen LogP contribution in [-0.4, -0.2) is 25.5 Å². The molecule has 0 saturated carbocycles. The molecule has 11 heteroatoms. The van der Waals surface area contributed by atoms with Gasteiger partial charge >= 0.3 is 0 Å². The normalized spacial score (nSPS) is 11.1. The number of aromatic nitrogens is 4. The van der Waals surface area contributed by atoms with Crippen molar-refractivity contribution in [1.82, 2.24) is 19.6 Å². The first-order valence-electron chi connectivity index (χ1n) is 8.52. The van der Waals surface area contributed by atoms with Crippen molar-refractivity contribution in [2.24, 2.45) is 0 Å². The zero-order valence-electron chi connectivity index (χ0n) is 15.4. The lowest BCUT2D eigenvalue weighted by molar-refractivity contribution is -0.116. The van der Waals surface area contributed by atoms with E-state index in [0.717, 1.165) is 20.5 Å². The third kappa shape index (κ3) is 4.50. The maximum absolute atomic E-state index is 13.8. The number of hydrogen-bond acceptors (Lipinski definition) is 3. The Balaban J connectivity index is 1.63. The van der Waals surface area contributed by atoms with Gasteiger partial charge in [-0.3, -0.25) is 14.2 Å². The van der Waals surface area contributed by atoms with Crippen LogP contribution in [0.3, 0.4) is 0 Å². The zero-order valence-corrected chi connectivity index (χ0v) is 17.0. The highest BCUT2D eigenvalue weighted by Gasteiger charge is 2.20. The maximum atomic E-state index is 13.8. The molecule has 0 saturated heterocycles. The summed E-state index contributed by atoms with van der Waals surface area (Å²) in [6.07, 6.45) is 1.45. The Kier molecular flexibility index (Phi) is 6.06. The Morgan fingerprint density at radius 1 is 1.14 bits per heavy atom. The molecule has 6 nitrogen and oxygen atoms in total. The summed E-state index contributed by atoms with van der Waals surface area (Å²) in [5.41, 5.74) is 0.916. The van der Waals surface area contributed by atoms with E-state index in [0.29, 0.717) is 6.54 Å². The SMILES string of the molecule is Cc1nn(CCC(=O)Nc2ccn(Cc3c(F)c(F)cc(F)c3F)n2)c(C)c1Br. The van der Waals surface area contributed by atoms with Gasteiger partial charge in [-0.2, -0.15) is 10.2 Å². The Morgan fingerprint density at radius 2 is 1.79 bits per heavy atom. The second-order valence-electron chi connectivity index (χ2n) is 6.35. The number of aryl methyl sites for hydroxylation is 2. The largest absolute Gasteiger partial charge is 0.309 e. The van der Waals surface area contributed by atoms with Gasteiger partial charge in [0.2, 0.25) is 5.91 Å². The molecule has 1 N–H and O–H groups in total. The predicted molar refractivity (Wildman–Crippen MR) is 100 cm³/mol. The van der Waals surface area contributed by atoms with Crippen LogP contribution >= 0.6 is 15.9 Å². The molecule has 0 aliphatic heterocycles. The van der Waals surface area contributed by atoms with E-state index in [2.05, 4.69) is 31.4 Å². The van der Waals surface area contributed by atoms with Gasteiger partial charge in [-0.15, -0.1) is 0 Å². The van der Waals surface area contributed by atoms with E-state index in [9.17, 15) is 22.4 Å². The van der Waals surface area contributed by atoms with Crippen molar-refractivity contribution in [2.45, 2.75) is 33.4 Å². The highest BCUT2D eigenvalue weighted by molar-refractivity contribution is 9.10. The Morgan fingerprint density at radius 3 is 2.38 bits per heavy atom. The fraction of sp³-hybridized carbons (Fsp3) is 0.278. The highest BCUT2D eigenvalue weighted by Crippen LogP contribution is 2.21. The van der Waals surface area contributed by atoms with E-state index >= 15 is 0 Å². The number of benzene rings is 1.